The number of hydrogen-bond acceptors (Lipinski definition) is 8. The van der Waals surface area contributed by atoms with Gasteiger partial charge in [-0.3, -0.25) is 4.79 Å². The normalized spacial score (nSPS) is 43.3. The van der Waals surface area contributed by atoms with Crippen LogP contribution in [0.4, 0.5) is 0 Å². The lowest BCUT2D eigenvalue weighted by atomic mass is 9.56. The average Bonchev–Trinajstić information content (AvgIpc) is 3.52. The molecular formula is C30H41NO8. The predicted octanol–water partition coefficient (Wildman–Crippen LogP) is 3.04. The summed E-state index contributed by atoms with van der Waals surface area (Å²) in [6.07, 6.45) is 4.97. The molecule has 2 aliphatic heterocycles. The van der Waals surface area contributed by atoms with Gasteiger partial charge in [-0.1, -0.05) is 39.0 Å². The molecule has 3 N–H and O–H groups in total. The summed E-state index contributed by atoms with van der Waals surface area (Å²) in [4.78, 5) is 29.6. The number of carbonyl (C=O) groups excluding carboxylic acids is 2. The number of esters is 2. The Labute approximate surface area is 229 Å². The van der Waals surface area contributed by atoms with Crippen LogP contribution in [0.1, 0.15) is 51.0 Å². The third-order valence-corrected chi connectivity index (χ3v) is 9.50. The SMILES string of the molecule is CC[C@@H](O)[C@H]1OC(=O)[C@H](CC)[C@H]2C=C[C@H]3[C@H]4O[C@]2(/C(C)=C/[C@H]1C)[C@@H]3[C@H](O)[C@@H](COC)[C@H]4OC(=O)c1ccc[nH]1. The number of carbonyl (C=O) groups is 2. The van der Waals surface area contributed by atoms with Crippen molar-refractivity contribution in [2.45, 2.75) is 76.7 Å². The first-order chi connectivity index (χ1) is 18.7. The minimum Gasteiger partial charge on any atom is -0.459 e. The highest BCUT2D eigenvalue weighted by atomic mass is 16.6. The van der Waals surface area contributed by atoms with Crippen molar-refractivity contribution >= 4 is 11.9 Å². The van der Waals surface area contributed by atoms with E-state index in [9.17, 15) is 19.8 Å². The number of ether oxygens (including phenoxy) is 4. The third-order valence-electron chi connectivity index (χ3n) is 9.50. The molecule has 0 radical (unpaired) electrons. The van der Waals surface area contributed by atoms with E-state index < -0.39 is 59.8 Å². The van der Waals surface area contributed by atoms with Gasteiger partial charge < -0.3 is 34.1 Å². The molecule has 1 spiro atoms. The van der Waals surface area contributed by atoms with Gasteiger partial charge in [0.15, 0.2) is 0 Å². The number of H-pyrrole nitrogens is 1. The zero-order chi connectivity index (χ0) is 28.1. The molecule has 2 aliphatic carbocycles. The van der Waals surface area contributed by atoms with Crippen LogP contribution in [-0.2, 0) is 23.7 Å². The van der Waals surface area contributed by atoms with E-state index in [2.05, 4.69) is 4.98 Å². The smallest absolute Gasteiger partial charge is 0.355 e. The van der Waals surface area contributed by atoms with Crippen LogP contribution >= 0.6 is 0 Å². The number of aliphatic hydroxyl groups excluding tert-OH is 2. The molecule has 4 bridgehead atoms. The highest BCUT2D eigenvalue weighted by Crippen LogP contribution is 2.62. The number of rotatable bonds is 7. The summed E-state index contributed by atoms with van der Waals surface area (Å²) < 4.78 is 24.6. The Balaban J connectivity index is 1.62. The summed E-state index contributed by atoms with van der Waals surface area (Å²) in [6.45, 7) is 7.90. The van der Waals surface area contributed by atoms with Crippen LogP contribution in [-0.4, -0.2) is 77.0 Å². The molecule has 9 heteroatoms. The minimum absolute atomic E-state index is 0.181. The first kappa shape index (κ1) is 28.1. The fourth-order valence-corrected chi connectivity index (χ4v) is 7.68. The van der Waals surface area contributed by atoms with Gasteiger partial charge in [0.2, 0.25) is 0 Å². The Kier molecular flexibility index (Phi) is 7.81. The molecule has 1 aromatic rings. The van der Waals surface area contributed by atoms with Crippen molar-refractivity contribution < 1.29 is 38.7 Å². The molecule has 1 saturated heterocycles. The minimum atomic E-state index is -1.01. The van der Waals surface area contributed by atoms with Crippen LogP contribution in [0.3, 0.4) is 0 Å². The molecular weight excluding hydrogens is 502 g/mol. The topological polar surface area (TPSA) is 127 Å². The van der Waals surface area contributed by atoms with Crippen molar-refractivity contribution in [2.75, 3.05) is 13.7 Å². The summed E-state index contributed by atoms with van der Waals surface area (Å²) in [5.41, 5.74) is 0.193. The lowest BCUT2D eigenvalue weighted by Crippen LogP contribution is -2.59. The second-order valence-electron chi connectivity index (χ2n) is 11.6. The molecule has 1 aromatic heterocycles. The zero-order valence-corrected chi connectivity index (χ0v) is 23.3. The number of aromatic nitrogens is 1. The molecule has 1 saturated carbocycles. The second-order valence-corrected chi connectivity index (χ2v) is 11.6. The predicted molar refractivity (Wildman–Crippen MR) is 141 cm³/mol. The number of nitrogens with one attached hydrogen (secondary N) is 1. The number of aliphatic hydroxyl groups is 2. The Morgan fingerprint density at radius 2 is 2.05 bits per heavy atom. The average molecular weight is 544 g/mol. The molecule has 5 rings (SSSR count). The number of hydrogen-bond donors (Lipinski definition) is 3. The van der Waals surface area contributed by atoms with E-state index >= 15 is 0 Å². The van der Waals surface area contributed by atoms with Crippen molar-refractivity contribution in [3.8, 4) is 0 Å². The van der Waals surface area contributed by atoms with Crippen LogP contribution in [0.25, 0.3) is 0 Å². The number of methoxy groups -OCH3 is 1. The summed E-state index contributed by atoms with van der Waals surface area (Å²) in [5.74, 6) is -3.26. The van der Waals surface area contributed by atoms with Gasteiger partial charge in [0.1, 0.15) is 29.6 Å². The van der Waals surface area contributed by atoms with Crippen LogP contribution in [0.15, 0.2) is 42.1 Å². The largest absolute Gasteiger partial charge is 0.459 e. The van der Waals surface area contributed by atoms with Crippen molar-refractivity contribution in [1.29, 1.82) is 0 Å². The highest BCUT2D eigenvalue weighted by Gasteiger charge is 2.70. The van der Waals surface area contributed by atoms with Gasteiger partial charge in [-0.15, -0.1) is 0 Å². The molecule has 2 fully saturated rings. The van der Waals surface area contributed by atoms with E-state index in [0.717, 1.165) is 5.57 Å². The first-order valence-corrected chi connectivity index (χ1v) is 14.1. The summed E-state index contributed by atoms with van der Waals surface area (Å²) in [5, 5.41) is 22.7. The van der Waals surface area contributed by atoms with Crippen LogP contribution in [0, 0.1) is 35.5 Å². The molecule has 3 heterocycles. The summed E-state index contributed by atoms with van der Waals surface area (Å²) in [6, 6.07) is 3.36. The molecule has 9 nitrogen and oxygen atoms in total. The molecule has 214 valence electrons. The lowest BCUT2D eigenvalue weighted by Gasteiger charge is -2.49. The van der Waals surface area contributed by atoms with E-state index in [-0.39, 0.29) is 30.3 Å². The van der Waals surface area contributed by atoms with Gasteiger partial charge >= 0.3 is 11.9 Å². The van der Waals surface area contributed by atoms with Crippen molar-refractivity contribution in [3.63, 3.8) is 0 Å². The zero-order valence-electron chi connectivity index (χ0n) is 23.3. The van der Waals surface area contributed by atoms with Gasteiger partial charge in [0.05, 0.1) is 24.7 Å². The van der Waals surface area contributed by atoms with Gasteiger partial charge in [-0.05, 0) is 37.5 Å². The van der Waals surface area contributed by atoms with Crippen molar-refractivity contribution in [3.05, 3.63) is 47.8 Å². The Bertz CT molecular complexity index is 1110. The van der Waals surface area contributed by atoms with Crippen LogP contribution < -0.4 is 0 Å². The molecule has 0 aromatic carbocycles. The Hall–Kier alpha value is -2.46. The van der Waals surface area contributed by atoms with E-state index in [1.165, 1.54) is 0 Å². The van der Waals surface area contributed by atoms with E-state index in [1.54, 1.807) is 25.4 Å². The standard InChI is InChI=1S/C30H41NO8/c1-6-17-20-11-10-18-23-24(33)19(14-36-5)26(38-29(35)21-9-8-12-31-21)27(18)39-30(20,23)16(4)13-15(3)25(22(32)7-2)37-28(17)34/h8-13,15,17-20,22-27,31-33H,6-7,14H2,1-5H3/b16-13+/t15-,17-,18-,19-,20-,22-,23+,24-,25+,26-,27-,30+/m1/s1. The lowest BCUT2D eigenvalue weighted by molar-refractivity contribution is -0.168. The van der Waals surface area contributed by atoms with E-state index in [4.69, 9.17) is 18.9 Å². The Morgan fingerprint density at radius 3 is 2.69 bits per heavy atom. The van der Waals surface area contributed by atoms with E-state index in [0.29, 0.717) is 18.5 Å². The van der Waals surface area contributed by atoms with Gasteiger partial charge in [-0.25, -0.2) is 4.79 Å². The summed E-state index contributed by atoms with van der Waals surface area (Å²) >= 11 is 0. The summed E-state index contributed by atoms with van der Waals surface area (Å²) in [7, 11) is 1.56. The molecule has 0 amide bonds. The van der Waals surface area contributed by atoms with Gasteiger partial charge in [0, 0.05) is 42.9 Å². The van der Waals surface area contributed by atoms with Crippen molar-refractivity contribution in [2.24, 2.45) is 35.5 Å². The third kappa shape index (κ3) is 4.38. The highest BCUT2D eigenvalue weighted by molar-refractivity contribution is 5.87. The van der Waals surface area contributed by atoms with Crippen LogP contribution in [0.5, 0.6) is 0 Å². The maximum Gasteiger partial charge on any atom is 0.355 e. The van der Waals surface area contributed by atoms with Crippen molar-refractivity contribution in [1.82, 2.24) is 4.98 Å². The van der Waals surface area contributed by atoms with Gasteiger partial charge in [-0.2, -0.15) is 0 Å². The fourth-order valence-electron chi connectivity index (χ4n) is 7.68. The number of cyclic esters (lactones) is 1. The Morgan fingerprint density at radius 1 is 1.28 bits per heavy atom. The monoisotopic (exact) mass is 543 g/mol. The van der Waals surface area contributed by atoms with Crippen LogP contribution in [0.2, 0.25) is 0 Å². The first-order valence-electron chi connectivity index (χ1n) is 14.1. The maximum atomic E-state index is 13.6. The van der Waals surface area contributed by atoms with E-state index in [1.807, 2.05) is 45.9 Å². The fraction of sp³-hybridized carbons (Fsp3) is 0.667. The molecule has 0 unspecified atom stereocenters. The second kappa shape index (κ2) is 10.8. The quantitative estimate of drug-likeness (QED) is 0.354. The number of aromatic amines is 1. The molecule has 39 heavy (non-hydrogen) atoms. The molecule has 4 aliphatic rings. The van der Waals surface area contributed by atoms with Gasteiger partial charge in [0.25, 0.3) is 0 Å². The molecule has 12 atom stereocenters. The maximum absolute atomic E-state index is 13.6.